The van der Waals surface area contributed by atoms with Crippen LogP contribution in [0, 0.1) is 0 Å². The maximum Gasteiger partial charge on any atom is 0.111 e. The normalized spacial score (nSPS) is 21.4. The summed E-state index contributed by atoms with van der Waals surface area (Å²) in [7, 11) is 0. The summed E-state index contributed by atoms with van der Waals surface area (Å²) in [6.45, 7) is 2.18. The van der Waals surface area contributed by atoms with E-state index in [0.717, 1.165) is 34.4 Å². The van der Waals surface area contributed by atoms with Gasteiger partial charge in [-0.15, -0.1) is 0 Å². The first-order valence-corrected chi connectivity index (χ1v) is 6.49. The Morgan fingerprint density at radius 2 is 2.31 bits per heavy atom. The van der Waals surface area contributed by atoms with E-state index in [9.17, 15) is 0 Å². The van der Waals surface area contributed by atoms with Gasteiger partial charge in [-0.1, -0.05) is 6.07 Å². The van der Waals surface area contributed by atoms with Crippen LogP contribution in [0.2, 0.25) is 0 Å². The number of rotatable bonds is 1. The minimum Gasteiger partial charge on any atom is -0.342 e. The second-order valence-electron chi connectivity index (χ2n) is 4.30. The van der Waals surface area contributed by atoms with Crippen molar-refractivity contribution in [1.82, 2.24) is 15.3 Å². The average molecular weight is 280 g/mol. The zero-order valence-corrected chi connectivity index (χ0v) is 10.5. The molecule has 16 heavy (non-hydrogen) atoms. The summed E-state index contributed by atoms with van der Waals surface area (Å²) < 4.78 is 1.07. The molecule has 2 heterocycles. The van der Waals surface area contributed by atoms with Crippen LogP contribution in [0.15, 0.2) is 22.7 Å². The van der Waals surface area contributed by atoms with Gasteiger partial charge >= 0.3 is 0 Å². The van der Waals surface area contributed by atoms with Gasteiger partial charge in [0.05, 0.1) is 5.52 Å². The molecule has 1 saturated heterocycles. The Bertz CT molecular complexity index is 500. The number of imidazole rings is 1. The first kappa shape index (κ1) is 10.3. The highest BCUT2D eigenvalue weighted by atomic mass is 79.9. The topological polar surface area (TPSA) is 40.7 Å². The Kier molecular flexibility index (Phi) is 2.69. The second kappa shape index (κ2) is 4.18. The van der Waals surface area contributed by atoms with Crippen LogP contribution in [0.3, 0.4) is 0 Å². The van der Waals surface area contributed by atoms with Crippen LogP contribution in [0.1, 0.15) is 24.6 Å². The number of piperidine rings is 1. The number of nitrogens with zero attached hydrogens (tertiary/aromatic N) is 1. The molecule has 1 aliphatic rings. The summed E-state index contributed by atoms with van der Waals surface area (Å²) in [5.41, 5.74) is 2.16. The standard InChI is InChI=1S/C12H14BrN3/c13-9-4-1-5-10-11(9)16-12(15-10)8-3-2-6-14-7-8/h1,4-5,8,14H,2-3,6-7H2,(H,15,16). The van der Waals surface area contributed by atoms with Crippen molar-refractivity contribution in [2.45, 2.75) is 18.8 Å². The maximum absolute atomic E-state index is 4.69. The molecule has 2 aromatic rings. The number of fused-ring (bicyclic) bond motifs is 1. The lowest BCUT2D eigenvalue weighted by molar-refractivity contribution is 0.449. The number of nitrogens with one attached hydrogen (secondary N) is 2. The highest BCUT2D eigenvalue weighted by molar-refractivity contribution is 9.10. The molecule has 1 aromatic heterocycles. The molecule has 0 amide bonds. The Labute approximate surface area is 103 Å². The molecule has 1 fully saturated rings. The lowest BCUT2D eigenvalue weighted by atomic mass is 9.99. The minimum absolute atomic E-state index is 0.535. The van der Waals surface area contributed by atoms with Crippen LogP contribution in [-0.2, 0) is 0 Å². The van der Waals surface area contributed by atoms with Crippen molar-refractivity contribution in [2.24, 2.45) is 0 Å². The van der Waals surface area contributed by atoms with Crippen LogP contribution >= 0.6 is 15.9 Å². The van der Waals surface area contributed by atoms with Crippen LogP contribution < -0.4 is 5.32 Å². The minimum atomic E-state index is 0.535. The molecule has 1 atom stereocenters. The fourth-order valence-electron chi connectivity index (χ4n) is 2.29. The fourth-order valence-corrected chi connectivity index (χ4v) is 2.75. The van der Waals surface area contributed by atoms with E-state index in [0.29, 0.717) is 5.92 Å². The van der Waals surface area contributed by atoms with E-state index in [1.54, 1.807) is 0 Å². The lowest BCUT2D eigenvalue weighted by Gasteiger charge is -2.20. The van der Waals surface area contributed by atoms with Gasteiger partial charge < -0.3 is 10.3 Å². The summed E-state index contributed by atoms with van der Waals surface area (Å²) in [6, 6.07) is 6.15. The molecular weight excluding hydrogens is 266 g/mol. The van der Waals surface area contributed by atoms with Gasteiger partial charge in [-0.05, 0) is 47.4 Å². The van der Waals surface area contributed by atoms with Gasteiger partial charge in [-0.2, -0.15) is 0 Å². The molecule has 4 heteroatoms. The second-order valence-corrected chi connectivity index (χ2v) is 5.16. The molecule has 2 N–H and O–H groups in total. The Morgan fingerprint density at radius 1 is 1.38 bits per heavy atom. The Balaban J connectivity index is 2.01. The largest absolute Gasteiger partial charge is 0.342 e. The molecule has 1 aromatic carbocycles. The predicted octanol–water partition coefficient (Wildman–Crippen LogP) is 2.79. The summed E-state index contributed by atoms with van der Waals surface area (Å²) in [6.07, 6.45) is 2.47. The van der Waals surface area contributed by atoms with Gasteiger partial charge in [0.1, 0.15) is 11.3 Å². The van der Waals surface area contributed by atoms with Gasteiger partial charge in [0.15, 0.2) is 0 Å². The Hall–Kier alpha value is -0.870. The van der Waals surface area contributed by atoms with Crippen molar-refractivity contribution in [1.29, 1.82) is 0 Å². The summed E-state index contributed by atoms with van der Waals surface area (Å²) in [5, 5.41) is 3.42. The van der Waals surface area contributed by atoms with E-state index in [-0.39, 0.29) is 0 Å². The van der Waals surface area contributed by atoms with Crippen molar-refractivity contribution < 1.29 is 0 Å². The summed E-state index contributed by atoms with van der Waals surface area (Å²) >= 11 is 3.54. The molecule has 1 aliphatic heterocycles. The SMILES string of the molecule is Brc1cccc2[nH]c(C3CCCNC3)nc12. The zero-order chi connectivity index (χ0) is 11.0. The van der Waals surface area contributed by atoms with Gasteiger partial charge in [0.25, 0.3) is 0 Å². The van der Waals surface area contributed by atoms with Gasteiger partial charge in [0, 0.05) is 16.9 Å². The zero-order valence-electron chi connectivity index (χ0n) is 8.96. The number of hydrogen-bond donors (Lipinski definition) is 2. The third-order valence-corrected chi connectivity index (χ3v) is 3.81. The third kappa shape index (κ3) is 1.76. The van der Waals surface area contributed by atoms with Crippen LogP contribution in [0.5, 0.6) is 0 Å². The molecule has 3 rings (SSSR count). The predicted molar refractivity (Wildman–Crippen MR) is 68.6 cm³/mol. The van der Waals surface area contributed by atoms with E-state index < -0.39 is 0 Å². The van der Waals surface area contributed by atoms with E-state index >= 15 is 0 Å². The monoisotopic (exact) mass is 279 g/mol. The number of benzene rings is 1. The average Bonchev–Trinajstić information content (AvgIpc) is 2.76. The highest BCUT2D eigenvalue weighted by Gasteiger charge is 2.18. The fraction of sp³-hybridized carbons (Fsp3) is 0.417. The number of halogens is 1. The van der Waals surface area contributed by atoms with Crippen LogP contribution in [-0.4, -0.2) is 23.1 Å². The van der Waals surface area contributed by atoms with E-state index in [2.05, 4.69) is 32.3 Å². The Morgan fingerprint density at radius 3 is 3.06 bits per heavy atom. The molecule has 0 radical (unpaired) electrons. The number of H-pyrrole nitrogens is 1. The van der Waals surface area contributed by atoms with E-state index in [1.165, 1.54) is 12.8 Å². The van der Waals surface area contributed by atoms with Crippen LogP contribution in [0.4, 0.5) is 0 Å². The molecule has 84 valence electrons. The van der Waals surface area contributed by atoms with Crippen molar-refractivity contribution in [2.75, 3.05) is 13.1 Å². The molecular formula is C12H14BrN3. The summed E-state index contributed by atoms with van der Waals surface area (Å²) in [4.78, 5) is 8.12. The van der Waals surface area contributed by atoms with Gasteiger partial charge in [-0.25, -0.2) is 4.98 Å². The first-order valence-electron chi connectivity index (χ1n) is 5.69. The van der Waals surface area contributed by atoms with Crippen LogP contribution in [0.25, 0.3) is 11.0 Å². The smallest absolute Gasteiger partial charge is 0.111 e. The van der Waals surface area contributed by atoms with Crippen molar-refractivity contribution in [3.05, 3.63) is 28.5 Å². The number of para-hydroxylation sites is 1. The quantitative estimate of drug-likeness (QED) is 0.843. The third-order valence-electron chi connectivity index (χ3n) is 3.17. The molecule has 1 unspecified atom stereocenters. The lowest BCUT2D eigenvalue weighted by Crippen LogP contribution is -2.28. The molecule has 0 spiro atoms. The van der Waals surface area contributed by atoms with E-state index in [1.807, 2.05) is 12.1 Å². The number of hydrogen-bond acceptors (Lipinski definition) is 2. The molecule has 0 bridgehead atoms. The van der Waals surface area contributed by atoms with E-state index in [4.69, 9.17) is 4.98 Å². The maximum atomic E-state index is 4.69. The first-order chi connectivity index (χ1) is 7.84. The van der Waals surface area contributed by atoms with Gasteiger partial charge in [0.2, 0.25) is 0 Å². The molecule has 3 nitrogen and oxygen atoms in total. The molecule has 0 aliphatic carbocycles. The van der Waals surface area contributed by atoms with Crippen molar-refractivity contribution >= 4 is 27.0 Å². The number of aromatic amines is 1. The number of aromatic nitrogens is 2. The van der Waals surface area contributed by atoms with Crippen molar-refractivity contribution in [3.63, 3.8) is 0 Å². The van der Waals surface area contributed by atoms with Crippen molar-refractivity contribution in [3.8, 4) is 0 Å². The van der Waals surface area contributed by atoms with Gasteiger partial charge in [-0.3, -0.25) is 0 Å². The molecule has 0 saturated carbocycles. The summed E-state index contributed by atoms with van der Waals surface area (Å²) in [5.74, 6) is 1.65. The highest BCUT2D eigenvalue weighted by Crippen LogP contribution is 2.26.